The molecule has 1 rings (SSSR count). The Hall–Kier alpha value is -1.39. The normalized spacial score (nSPS) is 10.7. The number of benzene rings is 1. The number of hydrogen-bond donors (Lipinski definition) is 2. The first kappa shape index (κ1) is 14.7. The number of carbonyl (C=O) groups excluding carboxylic acids is 1. The summed E-state index contributed by atoms with van der Waals surface area (Å²) in [5.74, 6) is 0.0641. The maximum absolute atomic E-state index is 11.7. The van der Waals surface area contributed by atoms with Gasteiger partial charge in [-0.2, -0.15) is 0 Å². The van der Waals surface area contributed by atoms with Crippen molar-refractivity contribution in [1.82, 2.24) is 15.5 Å². The number of likely N-dealkylation sites (N-methyl/N-ethyl adjacent to an activating group) is 2. The molecule has 100 valence electrons. The molecule has 0 aliphatic rings. The number of nitrogens with zero attached hydrogens (tertiary/aromatic N) is 1. The summed E-state index contributed by atoms with van der Waals surface area (Å²) in [7, 11) is 3.86. The molecular formula is C14H23N3O. The summed E-state index contributed by atoms with van der Waals surface area (Å²) in [6.45, 7) is 4.85. The fraction of sp³-hybridized carbons (Fsp3) is 0.500. The lowest BCUT2D eigenvalue weighted by molar-refractivity contribution is -0.122. The van der Waals surface area contributed by atoms with Gasteiger partial charge in [-0.25, -0.2) is 0 Å². The molecule has 1 aromatic carbocycles. The predicted molar refractivity (Wildman–Crippen MR) is 74.4 cm³/mol. The fourth-order valence-corrected chi connectivity index (χ4v) is 1.59. The summed E-state index contributed by atoms with van der Waals surface area (Å²) in [4.78, 5) is 13.7. The van der Waals surface area contributed by atoms with Gasteiger partial charge in [0.2, 0.25) is 5.91 Å². The highest BCUT2D eigenvalue weighted by atomic mass is 16.2. The maximum atomic E-state index is 11.7. The Kier molecular flexibility index (Phi) is 6.39. The van der Waals surface area contributed by atoms with E-state index in [4.69, 9.17) is 0 Å². The van der Waals surface area contributed by atoms with Crippen LogP contribution in [0.15, 0.2) is 24.3 Å². The van der Waals surface area contributed by atoms with Crippen LogP contribution in [0.25, 0.3) is 0 Å². The number of rotatable bonds is 7. The topological polar surface area (TPSA) is 44.4 Å². The second kappa shape index (κ2) is 7.84. The van der Waals surface area contributed by atoms with Crippen LogP contribution >= 0.6 is 0 Å². The van der Waals surface area contributed by atoms with Gasteiger partial charge in [-0.05, 0) is 26.6 Å². The molecule has 4 nitrogen and oxygen atoms in total. The first-order valence-corrected chi connectivity index (χ1v) is 6.27. The second-order valence-electron chi connectivity index (χ2n) is 4.60. The van der Waals surface area contributed by atoms with Crippen molar-refractivity contribution in [3.63, 3.8) is 0 Å². The molecule has 0 saturated carbocycles. The van der Waals surface area contributed by atoms with Crippen molar-refractivity contribution in [2.75, 3.05) is 33.7 Å². The van der Waals surface area contributed by atoms with Crippen molar-refractivity contribution >= 4 is 5.91 Å². The highest BCUT2D eigenvalue weighted by molar-refractivity contribution is 5.77. The van der Waals surface area contributed by atoms with E-state index in [0.717, 1.165) is 18.7 Å². The Morgan fingerprint density at radius 2 is 1.94 bits per heavy atom. The number of hydrogen-bond acceptors (Lipinski definition) is 3. The van der Waals surface area contributed by atoms with Gasteiger partial charge in [0.15, 0.2) is 0 Å². The molecule has 18 heavy (non-hydrogen) atoms. The number of aryl methyl sites for hydroxylation is 1. The van der Waals surface area contributed by atoms with Crippen molar-refractivity contribution in [2.45, 2.75) is 13.5 Å². The summed E-state index contributed by atoms with van der Waals surface area (Å²) in [6.07, 6.45) is 0. The third-order valence-corrected chi connectivity index (χ3v) is 2.77. The molecule has 0 heterocycles. The molecule has 1 amide bonds. The van der Waals surface area contributed by atoms with Gasteiger partial charge in [0.25, 0.3) is 0 Å². The quantitative estimate of drug-likeness (QED) is 0.750. The molecule has 0 aromatic heterocycles. The molecule has 0 bridgehead atoms. The van der Waals surface area contributed by atoms with E-state index in [1.165, 1.54) is 5.56 Å². The Labute approximate surface area is 109 Å². The van der Waals surface area contributed by atoms with Crippen molar-refractivity contribution < 1.29 is 4.79 Å². The molecule has 0 radical (unpaired) electrons. The average molecular weight is 249 g/mol. The Bertz CT molecular complexity index is 362. The van der Waals surface area contributed by atoms with E-state index in [2.05, 4.69) is 29.7 Å². The van der Waals surface area contributed by atoms with Crippen LogP contribution in [0.5, 0.6) is 0 Å². The summed E-state index contributed by atoms with van der Waals surface area (Å²) >= 11 is 0. The monoisotopic (exact) mass is 249 g/mol. The van der Waals surface area contributed by atoms with Gasteiger partial charge in [0.1, 0.15) is 0 Å². The van der Waals surface area contributed by atoms with Gasteiger partial charge in [-0.15, -0.1) is 0 Å². The van der Waals surface area contributed by atoms with Crippen molar-refractivity contribution in [3.05, 3.63) is 35.4 Å². The lowest BCUT2D eigenvalue weighted by atomic mass is 10.1. The van der Waals surface area contributed by atoms with Crippen LogP contribution in [0.1, 0.15) is 11.1 Å². The van der Waals surface area contributed by atoms with Crippen molar-refractivity contribution in [2.24, 2.45) is 0 Å². The van der Waals surface area contributed by atoms with E-state index in [-0.39, 0.29) is 5.91 Å². The molecule has 0 aliphatic heterocycles. The summed E-state index contributed by atoms with van der Waals surface area (Å²) in [6, 6.07) is 8.20. The van der Waals surface area contributed by atoms with Crippen LogP contribution in [-0.2, 0) is 11.3 Å². The molecule has 0 spiro atoms. The van der Waals surface area contributed by atoms with E-state index in [1.54, 1.807) is 0 Å². The molecule has 0 saturated heterocycles. The zero-order chi connectivity index (χ0) is 13.4. The summed E-state index contributed by atoms with van der Waals surface area (Å²) in [5, 5.41) is 5.99. The van der Waals surface area contributed by atoms with Crippen LogP contribution in [0.2, 0.25) is 0 Å². The van der Waals surface area contributed by atoms with E-state index in [1.807, 2.05) is 31.1 Å². The van der Waals surface area contributed by atoms with E-state index in [0.29, 0.717) is 13.1 Å². The third-order valence-electron chi connectivity index (χ3n) is 2.77. The fourth-order valence-electron chi connectivity index (χ4n) is 1.59. The molecular weight excluding hydrogens is 226 g/mol. The van der Waals surface area contributed by atoms with Crippen LogP contribution in [0.4, 0.5) is 0 Å². The van der Waals surface area contributed by atoms with Crippen molar-refractivity contribution in [3.8, 4) is 0 Å². The number of nitrogens with one attached hydrogen (secondary N) is 2. The smallest absolute Gasteiger partial charge is 0.234 e. The van der Waals surface area contributed by atoms with E-state index >= 15 is 0 Å². The Morgan fingerprint density at radius 3 is 2.56 bits per heavy atom. The van der Waals surface area contributed by atoms with Gasteiger partial charge in [0, 0.05) is 19.6 Å². The third kappa shape index (κ3) is 5.80. The van der Waals surface area contributed by atoms with Gasteiger partial charge < -0.3 is 10.6 Å². The molecule has 0 atom stereocenters. The highest BCUT2D eigenvalue weighted by Gasteiger charge is 2.05. The molecule has 2 N–H and O–H groups in total. The number of amides is 1. The second-order valence-corrected chi connectivity index (χ2v) is 4.60. The standard InChI is InChI=1S/C14H23N3O/c1-12-4-6-13(7-5-12)10-16-14(18)11-17(3)9-8-15-2/h4-7,15H,8-11H2,1-3H3,(H,16,18). The molecule has 0 fully saturated rings. The predicted octanol–water partition coefficient (Wildman–Crippen LogP) is 0.762. The lowest BCUT2D eigenvalue weighted by Gasteiger charge is -2.15. The SMILES string of the molecule is CNCCN(C)CC(=O)NCc1ccc(C)cc1. The zero-order valence-corrected chi connectivity index (χ0v) is 11.5. The highest BCUT2D eigenvalue weighted by Crippen LogP contribution is 2.02. The van der Waals surface area contributed by atoms with Gasteiger partial charge in [0.05, 0.1) is 6.54 Å². The molecule has 1 aromatic rings. The molecule has 0 unspecified atom stereocenters. The first-order chi connectivity index (χ1) is 8.61. The van der Waals surface area contributed by atoms with E-state index in [9.17, 15) is 4.79 Å². The van der Waals surface area contributed by atoms with Crippen LogP contribution in [0.3, 0.4) is 0 Å². The number of carbonyl (C=O) groups is 1. The molecule has 4 heteroatoms. The van der Waals surface area contributed by atoms with Gasteiger partial charge in [-0.1, -0.05) is 29.8 Å². The zero-order valence-electron chi connectivity index (χ0n) is 11.5. The average Bonchev–Trinajstić information content (AvgIpc) is 2.35. The lowest BCUT2D eigenvalue weighted by Crippen LogP contribution is -2.37. The minimum atomic E-state index is 0.0641. The van der Waals surface area contributed by atoms with Gasteiger partial charge >= 0.3 is 0 Å². The van der Waals surface area contributed by atoms with Crippen LogP contribution in [0, 0.1) is 6.92 Å². The maximum Gasteiger partial charge on any atom is 0.234 e. The van der Waals surface area contributed by atoms with Crippen LogP contribution in [-0.4, -0.2) is 44.5 Å². The van der Waals surface area contributed by atoms with Crippen LogP contribution < -0.4 is 10.6 Å². The Morgan fingerprint density at radius 1 is 1.28 bits per heavy atom. The summed E-state index contributed by atoms with van der Waals surface area (Å²) in [5.41, 5.74) is 2.36. The van der Waals surface area contributed by atoms with E-state index < -0.39 is 0 Å². The molecule has 0 aliphatic carbocycles. The van der Waals surface area contributed by atoms with Gasteiger partial charge in [-0.3, -0.25) is 9.69 Å². The Balaban J connectivity index is 2.26. The summed E-state index contributed by atoms with van der Waals surface area (Å²) < 4.78 is 0. The van der Waals surface area contributed by atoms with Crippen molar-refractivity contribution in [1.29, 1.82) is 0 Å². The minimum absolute atomic E-state index is 0.0641. The minimum Gasteiger partial charge on any atom is -0.351 e. The first-order valence-electron chi connectivity index (χ1n) is 6.27. The largest absolute Gasteiger partial charge is 0.351 e.